The van der Waals surface area contributed by atoms with Crippen molar-refractivity contribution in [3.8, 4) is 0 Å². The van der Waals surface area contributed by atoms with Crippen LogP contribution in [0.25, 0.3) is 0 Å². The normalized spacial score (nSPS) is 25.9. The lowest BCUT2D eigenvalue weighted by molar-refractivity contribution is 0.372. The van der Waals surface area contributed by atoms with E-state index >= 15 is 0 Å². The van der Waals surface area contributed by atoms with Crippen molar-refractivity contribution >= 4 is 11.6 Å². The summed E-state index contributed by atoms with van der Waals surface area (Å²) >= 11 is 5.54. The Bertz CT molecular complexity index is 168. The molecule has 82 valence electrons. The van der Waals surface area contributed by atoms with Crippen LogP contribution in [0.3, 0.4) is 0 Å². The first-order valence-electron chi connectivity index (χ1n) is 5.76. The molecular formula is C12H21ClO. The lowest BCUT2D eigenvalue weighted by Gasteiger charge is -1.96. The maximum Gasteiger partial charge on any atom is 0.102 e. The molecule has 0 aromatic rings. The Morgan fingerprint density at radius 1 is 1.21 bits per heavy atom. The van der Waals surface area contributed by atoms with E-state index in [9.17, 15) is 0 Å². The summed E-state index contributed by atoms with van der Waals surface area (Å²) in [5, 5.41) is 0. The van der Waals surface area contributed by atoms with Crippen molar-refractivity contribution in [2.45, 2.75) is 57.7 Å². The van der Waals surface area contributed by atoms with Gasteiger partial charge >= 0.3 is 0 Å². The molecule has 2 atom stereocenters. The maximum atomic E-state index is 5.54. The molecule has 0 saturated carbocycles. The molecule has 1 nitrogen and oxygen atoms in total. The second-order valence-corrected chi connectivity index (χ2v) is 4.23. The van der Waals surface area contributed by atoms with Crippen LogP contribution in [-0.2, 0) is 4.74 Å². The molecule has 0 spiro atoms. The van der Waals surface area contributed by atoms with E-state index in [-0.39, 0.29) is 0 Å². The second kappa shape index (κ2) is 7.30. The SMILES string of the molecule is CCCCCCC[C@@H]1O[C@H]1/C=C/CCl. The van der Waals surface area contributed by atoms with Gasteiger partial charge < -0.3 is 4.74 Å². The molecule has 0 amide bonds. The summed E-state index contributed by atoms with van der Waals surface area (Å²) in [4.78, 5) is 0. The average Bonchev–Trinajstić information content (AvgIpc) is 2.93. The van der Waals surface area contributed by atoms with Crippen LogP contribution in [-0.4, -0.2) is 18.1 Å². The molecule has 0 radical (unpaired) electrons. The molecule has 0 N–H and O–H groups in total. The molecule has 0 aliphatic carbocycles. The van der Waals surface area contributed by atoms with Gasteiger partial charge in [-0.15, -0.1) is 11.6 Å². The third-order valence-electron chi connectivity index (χ3n) is 2.63. The third-order valence-corrected chi connectivity index (χ3v) is 2.81. The third kappa shape index (κ3) is 5.02. The summed E-state index contributed by atoms with van der Waals surface area (Å²) in [5.74, 6) is 0.600. The highest BCUT2D eigenvalue weighted by Crippen LogP contribution is 2.28. The van der Waals surface area contributed by atoms with Crippen molar-refractivity contribution in [1.29, 1.82) is 0 Å². The Balaban J connectivity index is 1.88. The number of allylic oxidation sites excluding steroid dienone is 1. The lowest BCUT2D eigenvalue weighted by atomic mass is 10.1. The predicted molar refractivity (Wildman–Crippen MR) is 61.9 cm³/mol. The van der Waals surface area contributed by atoms with Gasteiger partial charge in [-0.1, -0.05) is 51.2 Å². The Labute approximate surface area is 92.5 Å². The molecule has 0 unspecified atom stereocenters. The van der Waals surface area contributed by atoms with Gasteiger partial charge in [-0.25, -0.2) is 0 Å². The van der Waals surface area contributed by atoms with Crippen molar-refractivity contribution in [1.82, 2.24) is 0 Å². The number of halogens is 1. The molecule has 0 aromatic heterocycles. The zero-order valence-electron chi connectivity index (χ0n) is 9.05. The summed E-state index contributed by atoms with van der Waals surface area (Å²) in [7, 11) is 0. The largest absolute Gasteiger partial charge is 0.365 e. The van der Waals surface area contributed by atoms with Gasteiger partial charge in [-0.05, 0) is 6.42 Å². The fourth-order valence-corrected chi connectivity index (χ4v) is 1.80. The quantitative estimate of drug-likeness (QED) is 0.259. The van der Waals surface area contributed by atoms with Crippen LogP contribution in [0, 0.1) is 0 Å². The summed E-state index contributed by atoms with van der Waals surface area (Å²) < 4.78 is 5.48. The molecule has 0 bridgehead atoms. The highest BCUT2D eigenvalue weighted by atomic mass is 35.5. The summed E-state index contributed by atoms with van der Waals surface area (Å²) in [6, 6.07) is 0. The van der Waals surface area contributed by atoms with Crippen LogP contribution >= 0.6 is 11.6 Å². The fraction of sp³-hybridized carbons (Fsp3) is 0.833. The Kier molecular flexibility index (Phi) is 6.29. The summed E-state index contributed by atoms with van der Waals surface area (Å²) in [6.45, 7) is 2.25. The molecule has 1 aliphatic rings. The van der Waals surface area contributed by atoms with Crippen LogP contribution in [0.15, 0.2) is 12.2 Å². The second-order valence-electron chi connectivity index (χ2n) is 3.92. The first-order chi connectivity index (χ1) is 6.88. The van der Waals surface area contributed by atoms with Crippen molar-refractivity contribution < 1.29 is 4.74 Å². The smallest absolute Gasteiger partial charge is 0.102 e. The lowest BCUT2D eigenvalue weighted by Crippen LogP contribution is -1.91. The van der Waals surface area contributed by atoms with Crippen molar-refractivity contribution in [3.63, 3.8) is 0 Å². The molecule has 0 aromatic carbocycles. The minimum Gasteiger partial charge on any atom is -0.365 e. The summed E-state index contributed by atoms with van der Waals surface area (Å²) in [5.41, 5.74) is 0. The minimum atomic E-state index is 0.375. The molecule has 1 aliphatic heterocycles. The standard InChI is InChI=1S/C12H21ClO/c1-2-3-4-5-6-8-11-12(14-11)9-7-10-13/h7,9,11-12H,2-6,8,10H2,1H3/b9-7+/t11-,12-/m0/s1. The zero-order chi connectivity index (χ0) is 10.2. The van der Waals surface area contributed by atoms with E-state index in [1.54, 1.807) is 0 Å². The maximum absolute atomic E-state index is 5.54. The van der Waals surface area contributed by atoms with Crippen LogP contribution in [0.2, 0.25) is 0 Å². The first-order valence-corrected chi connectivity index (χ1v) is 6.30. The van der Waals surface area contributed by atoms with E-state index in [0.29, 0.717) is 18.1 Å². The Morgan fingerprint density at radius 3 is 2.71 bits per heavy atom. The van der Waals surface area contributed by atoms with Gasteiger partial charge in [-0.2, -0.15) is 0 Å². The molecule has 1 rings (SSSR count). The van der Waals surface area contributed by atoms with E-state index in [1.165, 1.54) is 38.5 Å². The average molecular weight is 217 g/mol. The number of alkyl halides is 1. The number of hydrogen-bond acceptors (Lipinski definition) is 1. The van der Waals surface area contributed by atoms with Crippen LogP contribution in [0.4, 0.5) is 0 Å². The minimum absolute atomic E-state index is 0.375. The molecule has 2 heteroatoms. The van der Waals surface area contributed by atoms with Crippen LogP contribution < -0.4 is 0 Å². The van der Waals surface area contributed by atoms with E-state index in [1.807, 2.05) is 6.08 Å². The van der Waals surface area contributed by atoms with Gasteiger partial charge in [0.25, 0.3) is 0 Å². The highest BCUT2D eigenvalue weighted by Gasteiger charge is 2.35. The van der Waals surface area contributed by atoms with Gasteiger partial charge in [0.1, 0.15) is 6.10 Å². The Morgan fingerprint density at radius 2 is 2.00 bits per heavy atom. The van der Waals surface area contributed by atoms with E-state index < -0.39 is 0 Å². The zero-order valence-corrected chi connectivity index (χ0v) is 9.80. The van der Waals surface area contributed by atoms with Gasteiger partial charge in [-0.3, -0.25) is 0 Å². The van der Waals surface area contributed by atoms with E-state index in [2.05, 4.69) is 13.0 Å². The highest BCUT2D eigenvalue weighted by molar-refractivity contribution is 6.18. The van der Waals surface area contributed by atoms with Crippen LogP contribution in [0.1, 0.15) is 45.4 Å². The van der Waals surface area contributed by atoms with Crippen LogP contribution in [0.5, 0.6) is 0 Å². The molecule has 1 fully saturated rings. The number of hydrogen-bond donors (Lipinski definition) is 0. The first kappa shape index (κ1) is 12.1. The number of ether oxygens (including phenoxy) is 1. The van der Waals surface area contributed by atoms with Gasteiger partial charge in [0.2, 0.25) is 0 Å². The van der Waals surface area contributed by atoms with Gasteiger partial charge in [0.15, 0.2) is 0 Å². The van der Waals surface area contributed by atoms with Gasteiger partial charge in [0.05, 0.1) is 6.10 Å². The topological polar surface area (TPSA) is 12.5 Å². The van der Waals surface area contributed by atoms with E-state index in [4.69, 9.17) is 16.3 Å². The molecule has 14 heavy (non-hydrogen) atoms. The van der Waals surface area contributed by atoms with Crippen molar-refractivity contribution in [2.24, 2.45) is 0 Å². The molecule has 1 saturated heterocycles. The molecule has 1 heterocycles. The predicted octanol–water partition coefficient (Wildman–Crippen LogP) is 3.91. The Hall–Kier alpha value is -0.0100. The van der Waals surface area contributed by atoms with Gasteiger partial charge in [0, 0.05) is 5.88 Å². The van der Waals surface area contributed by atoms with E-state index in [0.717, 1.165) is 0 Å². The number of epoxide rings is 1. The summed E-state index contributed by atoms with van der Waals surface area (Å²) in [6.07, 6.45) is 12.9. The number of unbranched alkanes of at least 4 members (excludes halogenated alkanes) is 4. The fourth-order valence-electron chi connectivity index (χ4n) is 1.69. The molecular weight excluding hydrogens is 196 g/mol. The van der Waals surface area contributed by atoms with Crippen molar-refractivity contribution in [3.05, 3.63) is 12.2 Å². The van der Waals surface area contributed by atoms with Crippen molar-refractivity contribution in [2.75, 3.05) is 5.88 Å². The monoisotopic (exact) mass is 216 g/mol. The number of rotatable bonds is 8.